The fraction of sp³-hybridized carbons (Fsp3) is 0. The highest BCUT2D eigenvalue weighted by atomic mass is 31.2. The number of rotatable bonds is 1. The number of nitrogens with two attached hydrogens (primary N) is 1. The third-order valence-corrected chi connectivity index (χ3v) is 0.627. The van der Waals surface area contributed by atoms with Crippen molar-refractivity contribution in [2.24, 2.45) is 5.73 Å². The molecule has 0 aromatic carbocycles. The molecule has 0 radical (unpaired) electrons. The Kier molecular flexibility index (Phi) is 4.25. The van der Waals surface area contributed by atoms with Crippen molar-refractivity contribution >= 4 is 13.9 Å². The van der Waals surface area contributed by atoms with Gasteiger partial charge in [-0.3, -0.25) is 9.79 Å². The third kappa shape index (κ3) is 11.1. The normalized spacial score (nSPS) is 9.56. The first-order valence-electron chi connectivity index (χ1n) is 1.46. The number of phosphoric acid groups is 1. The van der Waals surface area contributed by atoms with Gasteiger partial charge in [0.1, 0.15) is 0 Å². The van der Waals surface area contributed by atoms with Crippen molar-refractivity contribution in [1.82, 2.24) is 6.15 Å². The van der Waals surface area contributed by atoms with Crippen LogP contribution in [0, 0.1) is 0 Å². The molecular formula is CH7N2O5P. The third-order valence-electron chi connectivity index (χ3n) is 0.209. The molecule has 0 aliphatic rings. The number of hydrogen-bond donors (Lipinski definition) is 4. The van der Waals surface area contributed by atoms with E-state index in [1.54, 1.807) is 0 Å². The Balaban J connectivity index is 0. The van der Waals surface area contributed by atoms with Gasteiger partial charge >= 0.3 is 13.9 Å². The Labute approximate surface area is 50.6 Å². The number of amides is 1. The van der Waals surface area contributed by atoms with Gasteiger partial charge in [-0.25, -0.2) is 9.36 Å². The lowest BCUT2D eigenvalue weighted by atomic mass is 11.3. The molecule has 0 fully saturated rings. The van der Waals surface area contributed by atoms with Crippen molar-refractivity contribution in [2.45, 2.75) is 0 Å². The summed E-state index contributed by atoms with van der Waals surface area (Å²) in [5.41, 5.74) is 4.23. The Bertz CT molecular complexity index is 138. The van der Waals surface area contributed by atoms with Gasteiger partial charge in [0, 0.05) is 0 Å². The maximum Gasteiger partial charge on any atom is 0.528 e. The van der Waals surface area contributed by atoms with Crippen molar-refractivity contribution < 1.29 is 23.7 Å². The zero-order valence-corrected chi connectivity index (χ0v) is 5.25. The lowest BCUT2D eigenvalue weighted by Gasteiger charge is -1.98. The molecule has 0 heterocycles. The first-order chi connectivity index (χ1) is 3.42. The summed E-state index contributed by atoms with van der Waals surface area (Å²) in [6.45, 7) is 0. The van der Waals surface area contributed by atoms with Gasteiger partial charge in [-0.1, -0.05) is 0 Å². The van der Waals surface area contributed by atoms with Crippen LogP contribution < -0.4 is 11.9 Å². The molecule has 7 nitrogen and oxygen atoms in total. The van der Waals surface area contributed by atoms with Crippen LogP contribution in [0.5, 0.6) is 0 Å². The van der Waals surface area contributed by atoms with Crippen LogP contribution in [-0.2, 0) is 9.09 Å². The summed E-state index contributed by atoms with van der Waals surface area (Å²) in [4.78, 5) is 25.1. The van der Waals surface area contributed by atoms with E-state index in [1.807, 2.05) is 0 Å². The van der Waals surface area contributed by atoms with Crippen molar-refractivity contribution in [3.8, 4) is 0 Å². The minimum Gasteiger partial charge on any atom is -0.354 e. The van der Waals surface area contributed by atoms with E-state index in [2.05, 4.69) is 10.3 Å². The zero-order chi connectivity index (χ0) is 6.78. The van der Waals surface area contributed by atoms with Gasteiger partial charge in [0.15, 0.2) is 0 Å². The van der Waals surface area contributed by atoms with Gasteiger partial charge < -0.3 is 16.4 Å². The Hall–Kier alpha value is -0.620. The molecule has 0 spiro atoms. The largest absolute Gasteiger partial charge is 0.528 e. The van der Waals surface area contributed by atoms with Gasteiger partial charge in [-0.2, -0.15) is 0 Å². The quantitative estimate of drug-likeness (QED) is 0.372. The maximum atomic E-state index is 9.61. The molecule has 0 bridgehead atoms. The van der Waals surface area contributed by atoms with E-state index in [0.717, 1.165) is 0 Å². The molecule has 0 unspecified atom stereocenters. The fourth-order valence-electron chi connectivity index (χ4n) is 0.117. The van der Waals surface area contributed by atoms with Crippen LogP contribution in [0.1, 0.15) is 0 Å². The molecule has 0 saturated carbocycles. The summed E-state index contributed by atoms with van der Waals surface area (Å²) in [6, 6.07) is 0. The number of primary amides is 1. The zero-order valence-electron chi connectivity index (χ0n) is 4.35. The number of phosphoric ester groups is 1. The summed E-state index contributed by atoms with van der Waals surface area (Å²) >= 11 is 0. The van der Waals surface area contributed by atoms with Gasteiger partial charge in [0.05, 0.1) is 0 Å². The molecule has 0 aliphatic heterocycles. The molecule has 9 heavy (non-hydrogen) atoms. The highest BCUT2D eigenvalue weighted by Gasteiger charge is 2.17. The van der Waals surface area contributed by atoms with Crippen LogP contribution in [0.25, 0.3) is 0 Å². The SMILES string of the molecule is N.NC(=O)OP(=O)(O)O. The summed E-state index contributed by atoms with van der Waals surface area (Å²) in [6.07, 6.45) is -1.49. The lowest BCUT2D eigenvalue weighted by Crippen LogP contribution is -2.10. The fourth-order valence-corrected chi connectivity index (χ4v) is 0.352. The molecule has 1 amide bonds. The standard InChI is InChI=1S/CH4NO5P.H3N/c2-1(3)7-8(4,5)6;/h(H2,2,3)(H2,4,5,6);1H3. The molecule has 0 aliphatic carbocycles. The predicted molar refractivity (Wildman–Crippen MR) is 27.7 cm³/mol. The van der Waals surface area contributed by atoms with Gasteiger partial charge in [-0.05, 0) is 0 Å². The summed E-state index contributed by atoms with van der Waals surface area (Å²) in [7, 11) is -4.70. The van der Waals surface area contributed by atoms with Crippen LogP contribution in [0.3, 0.4) is 0 Å². The molecule has 8 heteroatoms. The van der Waals surface area contributed by atoms with Gasteiger partial charge in [0.25, 0.3) is 0 Å². The van der Waals surface area contributed by atoms with E-state index in [1.165, 1.54) is 0 Å². The Morgan fingerprint density at radius 3 is 1.89 bits per heavy atom. The summed E-state index contributed by atoms with van der Waals surface area (Å²) < 4.78 is 12.9. The smallest absolute Gasteiger partial charge is 0.354 e. The van der Waals surface area contributed by atoms with Crippen molar-refractivity contribution in [3.05, 3.63) is 0 Å². The second-order valence-corrected chi connectivity index (χ2v) is 2.06. The van der Waals surface area contributed by atoms with Crippen LogP contribution in [0.15, 0.2) is 0 Å². The van der Waals surface area contributed by atoms with Crippen molar-refractivity contribution in [3.63, 3.8) is 0 Å². The predicted octanol–water partition coefficient (Wildman–Crippen LogP) is -0.664. The van der Waals surface area contributed by atoms with Crippen molar-refractivity contribution in [2.75, 3.05) is 0 Å². The average Bonchev–Trinajstić information content (AvgIpc) is 1.21. The highest BCUT2D eigenvalue weighted by molar-refractivity contribution is 7.46. The van der Waals surface area contributed by atoms with Crippen LogP contribution >= 0.6 is 7.82 Å². The second-order valence-electron chi connectivity index (χ2n) is 0.901. The minimum atomic E-state index is -4.70. The average molecular weight is 158 g/mol. The molecule has 0 atom stereocenters. The van der Waals surface area contributed by atoms with Crippen molar-refractivity contribution in [1.29, 1.82) is 0 Å². The Morgan fingerprint density at radius 1 is 1.56 bits per heavy atom. The van der Waals surface area contributed by atoms with E-state index in [-0.39, 0.29) is 6.15 Å². The van der Waals surface area contributed by atoms with E-state index in [0.29, 0.717) is 0 Å². The van der Waals surface area contributed by atoms with Gasteiger partial charge in [0.2, 0.25) is 0 Å². The summed E-state index contributed by atoms with van der Waals surface area (Å²) in [5, 5.41) is 0. The first kappa shape index (κ1) is 11.2. The van der Waals surface area contributed by atoms with E-state index in [4.69, 9.17) is 9.79 Å². The molecule has 0 saturated heterocycles. The van der Waals surface area contributed by atoms with E-state index in [9.17, 15) is 9.36 Å². The second kappa shape index (κ2) is 3.41. The maximum absolute atomic E-state index is 9.61. The minimum absolute atomic E-state index is 0. The molecule has 0 aromatic rings. The molecule has 0 aromatic heterocycles. The number of hydrogen-bond acceptors (Lipinski definition) is 4. The number of carbonyl (C=O) groups excluding carboxylic acids is 1. The Morgan fingerprint density at radius 2 is 1.89 bits per heavy atom. The monoisotopic (exact) mass is 158 g/mol. The topological polar surface area (TPSA) is 145 Å². The molecule has 56 valence electrons. The van der Waals surface area contributed by atoms with E-state index < -0.39 is 13.9 Å². The van der Waals surface area contributed by atoms with Crippen LogP contribution in [0.4, 0.5) is 4.79 Å². The first-order valence-corrected chi connectivity index (χ1v) is 2.99. The molecule has 0 rings (SSSR count). The highest BCUT2D eigenvalue weighted by Crippen LogP contribution is 2.35. The molecule has 7 N–H and O–H groups in total. The van der Waals surface area contributed by atoms with E-state index >= 15 is 0 Å². The van der Waals surface area contributed by atoms with Gasteiger partial charge in [-0.15, -0.1) is 0 Å². The molecular weight excluding hydrogens is 151 g/mol. The van der Waals surface area contributed by atoms with Crippen LogP contribution in [0.2, 0.25) is 0 Å². The lowest BCUT2D eigenvalue weighted by molar-refractivity contribution is 0.185. The summed E-state index contributed by atoms with van der Waals surface area (Å²) in [5.74, 6) is 0. The van der Waals surface area contributed by atoms with Crippen LogP contribution in [-0.4, -0.2) is 15.9 Å². The number of carbonyl (C=O) groups is 1.